The van der Waals surface area contributed by atoms with E-state index in [2.05, 4.69) is 73.7 Å². The van der Waals surface area contributed by atoms with Crippen molar-refractivity contribution in [3.63, 3.8) is 0 Å². The molecule has 1 spiro atoms. The van der Waals surface area contributed by atoms with Crippen LogP contribution in [0.3, 0.4) is 0 Å². The molecule has 414 valence electrons. The fourth-order valence-corrected chi connectivity index (χ4v) is 13.5. The summed E-state index contributed by atoms with van der Waals surface area (Å²) in [4.78, 5) is 95.6. The summed E-state index contributed by atoms with van der Waals surface area (Å²) in [6, 6.07) is 14.8. The van der Waals surface area contributed by atoms with Gasteiger partial charge in [-0.1, -0.05) is 56.7 Å². The average molecular weight is 1290 g/mol. The van der Waals surface area contributed by atoms with Crippen molar-refractivity contribution in [2.45, 2.75) is 171 Å². The Kier molecular flexibility index (Phi) is 17.2. The standard InChI is InChI=1S/C39H51N8O2.C19H21N3O4.CH4O.U/c1-25(2)46-24-41-33-23-32(43-36(35(33)46)42-28-7-8-28)27-6-9-31-34(20-27)47(30-21-29(22-30)44-16-4-3-5-17-44)38(49)39(31)12-18-45(19-13-39)37(48)26-10-14-40-15-11-26;23-15-10-9-14(17(24)21-15)22-18(25)12-7-4-8-13(16(12)19(22)26)20-11-5-2-1-3-6-11;1-2;/h6,9,20,23-26,28-30H,3-5,7-8,10-19,21-22H2,1-2H3,(H,42,43);4,7-8,11,14,20H,1-3,5-6,9-10H2,(H,21,23,24);2H,1H3;/q-1;;;. The van der Waals surface area contributed by atoms with Crippen molar-refractivity contribution < 1.29 is 65.0 Å². The molecule has 19 heteroatoms. The molecule has 4 aromatic rings. The summed E-state index contributed by atoms with van der Waals surface area (Å²) in [5.74, 6) is -0.387. The molecular weight excluding hydrogens is 1210 g/mol. The van der Waals surface area contributed by atoms with Crippen molar-refractivity contribution >= 4 is 63.7 Å². The van der Waals surface area contributed by atoms with Gasteiger partial charge in [-0.15, -0.1) is 13.1 Å². The van der Waals surface area contributed by atoms with Gasteiger partial charge in [-0.05, 0) is 127 Å². The van der Waals surface area contributed by atoms with E-state index in [1.54, 1.807) is 12.1 Å². The molecule has 0 radical (unpaired) electrons. The van der Waals surface area contributed by atoms with E-state index in [1.807, 2.05) is 17.3 Å². The van der Waals surface area contributed by atoms with Crippen molar-refractivity contribution in [2.24, 2.45) is 5.92 Å². The molecule has 13 rings (SSSR count). The molecule has 1 unspecified atom stereocenters. The first-order chi connectivity index (χ1) is 37.5. The van der Waals surface area contributed by atoms with Gasteiger partial charge >= 0.3 is 0 Å². The molecule has 8 heterocycles. The Labute approximate surface area is 481 Å². The van der Waals surface area contributed by atoms with Crippen molar-refractivity contribution in [1.29, 1.82) is 0 Å². The predicted octanol–water partition coefficient (Wildman–Crippen LogP) is 7.70. The number of rotatable bonds is 10. The number of fused-ring (bicyclic) bond motifs is 4. The normalized spacial score (nSPS) is 24.4. The first kappa shape index (κ1) is 56.1. The molecule has 1 atom stereocenters. The van der Waals surface area contributed by atoms with E-state index in [0.717, 1.165) is 116 Å². The molecule has 3 saturated carbocycles. The number of likely N-dealkylation sites (tertiary alicyclic amines) is 2. The van der Waals surface area contributed by atoms with Crippen LogP contribution in [0.2, 0.25) is 0 Å². The van der Waals surface area contributed by atoms with Crippen LogP contribution in [0.25, 0.3) is 27.6 Å². The number of imidazole rings is 1. The Bertz CT molecular complexity index is 2910. The third kappa shape index (κ3) is 10.8. The minimum atomic E-state index is -0.928. The van der Waals surface area contributed by atoms with E-state index in [9.17, 15) is 28.8 Å². The number of carbonyl (C=O) groups is 6. The van der Waals surface area contributed by atoms with E-state index < -0.39 is 29.2 Å². The van der Waals surface area contributed by atoms with E-state index in [-0.39, 0.29) is 79.7 Å². The first-order valence-corrected chi connectivity index (χ1v) is 28.8. The number of hydrogen-bond acceptors (Lipinski definition) is 12. The SMILES string of the molecule is CC(C)n1cnc2cc(-c3ccc4c(c3)N(C3CC(N5CCCCC5)C3)C(=O)C43CCN(C(=O)C4CC[N-]CC4)CC3)nc(NC3CC3)c21.CO.O=C1CCC(N2C(=O)c3cccc(NC4CCCCC4)c3C2=O)C(=O)N1.[U]. The van der Waals surface area contributed by atoms with Gasteiger partial charge < -0.3 is 40.3 Å². The van der Waals surface area contributed by atoms with Gasteiger partial charge in [0, 0.05) is 111 Å². The monoisotopic (exact) mass is 1290 g/mol. The van der Waals surface area contributed by atoms with E-state index >= 15 is 0 Å². The van der Waals surface area contributed by atoms with Gasteiger partial charge in [0.15, 0.2) is 5.82 Å². The van der Waals surface area contributed by atoms with Gasteiger partial charge in [0.2, 0.25) is 23.6 Å². The second kappa shape index (κ2) is 23.9. The van der Waals surface area contributed by atoms with Crippen LogP contribution in [0.5, 0.6) is 0 Å². The zero-order chi connectivity index (χ0) is 53.5. The van der Waals surface area contributed by atoms with Crippen LogP contribution in [0.1, 0.15) is 162 Å². The number of nitrogens with one attached hydrogen (secondary N) is 3. The van der Waals surface area contributed by atoms with Crippen LogP contribution < -0.4 is 20.9 Å². The molecule has 3 aliphatic carbocycles. The van der Waals surface area contributed by atoms with Crippen LogP contribution in [-0.2, 0) is 24.6 Å². The van der Waals surface area contributed by atoms with Crippen LogP contribution in [0, 0.1) is 37.0 Å². The Morgan fingerprint density at radius 1 is 0.782 bits per heavy atom. The Morgan fingerprint density at radius 2 is 1.49 bits per heavy atom. The van der Waals surface area contributed by atoms with Crippen LogP contribution in [0.15, 0.2) is 48.8 Å². The number of benzene rings is 2. The maximum absolute atomic E-state index is 14.9. The maximum atomic E-state index is 14.9. The maximum Gasteiger partial charge on any atom is 0.264 e. The minimum absolute atomic E-state index is 0. The fraction of sp³-hybridized carbons (Fsp3) is 0.593. The fourth-order valence-electron chi connectivity index (χ4n) is 13.5. The molecule has 2 aromatic heterocycles. The third-order valence-corrected chi connectivity index (χ3v) is 18.1. The van der Waals surface area contributed by atoms with Gasteiger partial charge in [-0.3, -0.25) is 39.0 Å². The Morgan fingerprint density at radius 3 is 2.18 bits per heavy atom. The molecule has 2 aromatic carbocycles. The van der Waals surface area contributed by atoms with Crippen LogP contribution in [0.4, 0.5) is 17.2 Å². The molecule has 6 amide bonds. The van der Waals surface area contributed by atoms with Crippen molar-refractivity contribution in [3.05, 3.63) is 70.8 Å². The second-order valence-electron chi connectivity index (χ2n) is 23.2. The number of piperidine rings is 4. The summed E-state index contributed by atoms with van der Waals surface area (Å²) in [5.41, 5.74) is 6.86. The molecule has 9 aliphatic rings. The summed E-state index contributed by atoms with van der Waals surface area (Å²) in [6.45, 7) is 9.59. The molecule has 18 nitrogen and oxygen atoms in total. The Hall–Kier alpha value is -5.19. The van der Waals surface area contributed by atoms with Crippen LogP contribution in [-0.4, -0.2) is 146 Å². The topological polar surface area (TPSA) is 217 Å². The quantitative estimate of drug-likeness (QED) is 0.112. The summed E-state index contributed by atoms with van der Waals surface area (Å²) in [6.07, 6.45) is 19.2. The smallest absolute Gasteiger partial charge is 0.264 e. The zero-order valence-electron chi connectivity index (χ0n) is 45.6. The molecule has 0 bridgehead atoms. The second-order valence-corrected chi connectivity index (χ2v) is 23.2. The molecular formula is C59H76N11O7U-. The summed E-state index contributed by atoms with van der Waals surface area (Å²) in [7, 11) is 1.00. The number of aliphatic hydroxyl groups excluding tert-OH is 1. The van der Waals surface area contributed by atoms with Crippen molar-refractivity contribution in [1.82, 2.24) is 34.6 Å². The average Bonchev–Trinajstić information content (AvgIpc) is 4.00. The van der Waals surface area contributed by atoms with Gasteiger partial charge in [-0.25, -0.2) is 9.97 Å². The summed E-state index contributed by atoms with van der Waals surface area (Å²) >= 11 is 0. The molecule has 6 aliphatic heterocycles. The van der Waals surface area contributed by atoms with Gasteiger partial charge in [0.1, 0.15) is 11.6 Å². The van der Waals surface area contributed by atoms with E-state index in [4.69, 9.17) is 15.1 Å². The Balaban J connectivity index is 0.000000201. The zero-order valence-corrected chi connectivity index (χ0v) is 49.8. The van der Waals surface area contributed by atoms with E-state index in [0.29, 0.717) is 60.9 Å². The summed E-state index contributed by atoms with van der Waals surface area (Å²) < 4.78 is 2.21. The number of carbonyl (C=O) groups excluding carboxylic acids is 6. The molecule has 4 N–H and O–H groups in total. The predicted molar refractivity (Wildman–Crippen MR) is 295 cm³/mol. The number of anilines is 3. The molecule has 78 heavy (non-hydrogen) atoms. The number of aromatic nitrogens is 3. The number of hydrogen-bond donors (Lipinski definition) is 4. The first-order valence-electron chi connectivity index (χ1n) is 28.8. The molecule has 7 fully saturated rings. The third-order valence-electron chi connectivity index (χ3n) is 18.1. The largest absolute Gasteiger partial charge is 0.662 e. The number of amides is 6. The van der Waals surface area contributed by atoms with Gasteiger partial charge in [0.25, 0.3) is 11.8 Å². The van der Waals surface area contributed by atoms with Gasteiger partial charge in [-0.2, -0.15) is 0 Å². The van der Waals surface area contributed by atoms with E-state index in [1.165, 1.54) is 51.6 Å². The molecule has 4 saturated heterocycles. The number of imide groups is 2. The van der Waals surface area contributed by atoms with Crippen LogP contribution >= 0.6 is 0 Å². The van der Waals surface area contributed by atoms with Gasteiger partial charge in [0.05, 0.1) is 34.1 Å². The summed E-state index contributed by atoms with van der Waals surface area (Å²) in [5, 5.41) is 20.8. The minimum Gasteiger partial charge on any atom is -0.662 e. The number of aliphatic hydroxyl groups is 1. The van der Waals surface area contributed by atoms with Crippen molar-refractivity contribution in [2.75, 3.05) is 61.9 Å². The van der Waals surface area contributed by atoms with Crippen molar-refractivity contribution in [3.8, 4) is 11.3 Å². The number of pyridine rings is 1. The number of nitrogens with zero attached hydrogens (tertiary/aromatic N) is 8.